The van der Waals surface area contributed by atoms with Crippen LogP contribution in [-0.4, -0.2) is 24.2 Å². The summed E-state index contributed by atoms with van der Waals surface area (Å²) in [4.78, 5) is 16.3. The van der Waals surface area contributed by atoms with Gasteiger partial charge in [-0.05, 0) is 43.4 Å². The maximum atomic E-state index is 11.7. The standard InChI is InChI=1S/C24H27NO3/c1-3-27-24(26)18(2)11-9-10-16-28-23-17-21(19-12-5-4-6-13-19)20-14-7-8-15-22(20)25-23/h4-8,12-15,17-18H,3,9-11,16H2,1-2H3. The number of hydrogen-bond donors (Lipinski definition) is 0. The fourth-order valence-corrected chi connectivity index (χ4v) is 3.21. The van der Waals surface area contributed by atoms with Crippen LogP contribution in [0.15, 0.2) is 60.7 Å². The molecule has 146 valence electrons. The second-order valence-corrected chi connectivity index (χ2v) is 6.89. The molecule has 1 unspecified atom stereocenters. The lowest BCUT2D eigenvalue weighted by molar-refractivity contribution is -0.147. The number of pyridine rings is 1. The SMILES string of the molecule is CCOC(=O)C(C)CCCCOc1cc(-c2ccccc2)c2ccccc2n1. The van der Waals surface area contributed by atoms with E-state index in [4.69, 9.17) is 9.47 Å². The van der Waals surface area contributed by atoms with Crippen molar-refractivity contribution in [3.63, 3.8) is 0 Å². The van der Waals surface area contributed by atoms with Gasteiger partial charge in [0.15, 0.2) is 0 Å². The third-order valence-electron chi connectivity index (χ3n) is 4.75. The number of nitrogens with zero attached hydrogens (tertiary/aromatic N) is 1. The van der Waals surface area contributed by atoms with Crippen molar-refractivity contribution in [2.75, 3.05) is 13.2 Å². The van der Waals surface area contributed by atoms with Crippen LogP contribution in [0.1, 0.15) is 33.1 Å². The number of ether oxygens (including phenoxy) is 2. The van der Waals surface area contributed by atoms with Gasteiger partial charge in [0.2, 0.25) is 5.88 Å². The van der Waals surface area contributed by atoms with Gasteiger partial charge >= 0.3 is 5.97 Å². The third-order valence-corrected chi connectivity index (χ3v) is 4.75. The average molecular weight is 377 g/mol. The Morgan fingerprint density at radius 2 is 1.79 bits per heavy atom. The maximum Gasteiger partial charge on any atom is 0.308 e. The number of benzene rings is 2. The second-order valence-electron chi connectivity index (χ2n) is 6.89. The number of carbonyl (C=O) groups excluding carboxylic acids is 1. The van der Waals surface area contributed by atoms with E-state index in [0.29, 0.717) is 19.1 Å². The van der Waals surface area contributed by atoms with E-state index < -0.39 is 0 Å². The van der Waals surface area contributed by atoms with E-state index in [1.165, 1.54) is 0 Å². The van der Waals surface area contributed by atoms with Crippen molar-refractivity contribution in [3.05, 3.63) is 60.7 Å². The van der Waals surface area contributed by atoms with Crippen molar-refractivity contribution in [3.8, 4) is 17.0 Å². The Labute approximate surface area is 166 Å². The van der Waals surface area contributed by atoms with E-state index >= 15 is 0 Å². The van der Waals surface area contributed by atoms with E-state index in [0.717, 1.165) is 41.3 Å². The Morgan fingerprint density at radius 3 is 2.57 bits per heavy atom. The summed E-state index contributed by atoms with van der Waals surface area (Å²) in [5.74, 6) is 0.450. The summed E-state index contributed by atoms with van der Waals surface area (Å²) in [6.45, 7) is 4.76. The number of rotatable bonds is 9. The van der Waals surface area contributed by atoms with Crippen LogP contribution in [0.3, 0.4) is 0 Å². The van der Waals surface area contributed by atoms with Gasteiger partial charge in [0.25, 0.3) is 0 Å². The molecule has 0 N–H and O–H groups in total. The summed E-state index contributed by atoms with van der Waals surface area (Å²) >= 11 is 0. The van der Waals surface area contributed by atoms with E-state index in [1.54, 1.807) is 0 Å². The molecule has 1 aromatic heterocycles. The van der Waals surface area contributed by atoms with Crippen molar-refractivity contribution >= 4 is 16.9 Å². The Kier molecular flexibility index (Phi) is 7.01. The molecule has 1 atom stereocenters. The smallest absolute Gasteiger partial charge is 0.308 e. The van der Waals surface area contributed by atoms with E-state index in [-0.39, 0.29) is 11.9 Å². The largest absolute Gasteiger partial charge is 0.478 e. The lowest BCUT2D eigenvalue weighted by atomic mass is 10.0. The lowest BCUT2D eigenvalue weighted by Gasteiger charge is -2.12. The topological polar surface area (TPSA) is 48.4 Å². The minimum atomic E-state index is -0.118. The van der Waals surface area contributed by atoms with Crippen LogP contribution in [0.5, 0.6) is 5.88 Å². The monoisotopic (exact) mass is 377 g/mol. The third kappa shape index (κ3) is 5.10. The molecule has 28 heavy (non-hydrogen) atoms. The van der Waals surface area contributed by atoms with Crippen molar-refractivity contribution in [2.45, 2.75) is 33.1 Å². The Balaban J connectivity index is 1.63. The predicted molar refractivity (Wildman–Crippen MR) is 112 cm³/mol. The van der Waals surface area contributed by atoms with Gasteiger partial charge in [-0.3, -0.25) is 4.79 Å². The van der Waals surface area contributed by atoms with E-state index in [9.17, 15) is 4.79 Å². The number of unbranched alkanes of at least 4 members (excludes halogenated alkanes) is 1. The van der Waals surface area contributed by atoms with Crippen LogP contribution in [-0.2, 0) is 9.53 Å². The molecule has 4 heteroatoms. The molecule has 2 aromatic carbocycles. The normalized spacial score (nSPS) is 11.9. The summed E-state index contributed by atoms with van der Waals surface area (Å²) in [6, 6.07) is 20.4. The Morgan fingerprint density at radius 1 is 1.04 bits per heavy atom. The molecule has 0 spiro atoms. The zero-order valence-corrected chi connectivity index (χ0v) is 16.6. The molecule has 4 nitrogen and oxygen atoms in total. The van der Waals surface area contributed by atoms with Gasteiger partial charge in [-0.1, -0.05) is 55.5 Å². The highest BCUT2D eigenvalue weighted by atomic mass is 16.5. The van der Waals surface area contributed by atoms with Crippen molar-refractivity contribution < 1.29 is 14.3 Å². The van der Waals surface area contributed by atoms with Gasteiger partial charge in [-0.25, -0.2) is 4.98 Å². The summed E-state index contributed by atoms with van der Waals surface area (Å²) in [5.41, 5.74) is 3.20. The molecule has 0 bridgehead atoms. The quantitative estimate of drug-likeness (QED) is 0.357. The highest BCUT2D eigenvalue weighted by Crippen LogP contribution is 2.30. The van der Waals surface area contributed by atoms with Crippen LogP contribution in [0.2, 0.25) is 0 Å². The van der Waals surface area contributed by atoms with Gasteiger partial charge in [0.05, 0.1) is 24.6 Å². The molecular formula is C24H27NO3. The summed E-state index contributed by atoms with van der Waals surface area (Å²) in [5, 5.41) is 1.12. The number of esters is 1. The first-order valence-electron chi connectivity index (χ1n) is 9.93. The van der Waals surface area contributed by atoms with Crippen LogP contribution in [0, 0.1) is 5.92 Å². The molecule has 1 heterocycles. The molecule has 0 amide bonds. The van der Waals surface area contributed by atoms with Gasteiger partial charge in [-0.2, -0.15) is 0 Å². The highest BCUT2D eigenvalue weighted by Gasteiger charge is 2.13. The second kappa shape index (κ2) is 9.88. The van der Waals surface area contributed by atoms with Gasteiger partial charge in [0.1, 0.15) is 0 Å². The number of para-hydroxylation sites is 1. The first-order valence-corrected chi connectivity index (χ1v) is 9.93. The molecule has 0 radical (unpaired) electrons. The van der Waals surface area contributed by atoms with Crippen LogP contribution in [0.4, 0.5) is 0 Å². The summed E-state index contributed by atoms with van der Waals surface area (Å²) in [6.07, 6.45) is 2.60. The molecule has 0 fully saturated rings. The number of aromatic nitrogens is 1. The molecule has 0 aliphatic heterocycles. The van der Waals surface area contributed by atoms with Gasteiger partial charge in [-0.15, -0.1) is 0 Å². The number of hydrogen-bond acceptors (Lipinski definition) is 4. The Hall–Kier alpha value is -2.88. The fraction of sp³-hybridized carbons (Fsp3) is 0.333. The minimum absolute atomic E-state index is 0.0663. The molecule has 0 saturated heterocycles. The Bertz CT molecular complexity index is 908. The predicted octanol–water partition coefficient (Wildman–Crippen LogP) is 5.65. The average Bonchev–Trinajstić information content (AvgIpc) is 2.73. The molecular weight excluding hydrogens is 350 g/mol. The zero-order chi connectivity index (χ0) is 19.8. The molecule has 0 aliphatic carbocycles. The minimum Gasteiger partial charge on any atom is -0.478 e. The molecule has 0 aliphatic rings. The zero-order valence-electron chi connectivity index (χ0n) is 16.6. The lowest BCUT2D eigenvalue weighted by Crippen LogP contribution is -2.14. The molecule has 0 saturated carbocycles. The van der Waals surface area contributed by atoms with Crippen molar-refractivity contribution in [1.29, 1.82) is 0 Å². The molecule has 3 aromatic rings. The van der Waals surface area contributed by atoms with Crippen LogP contribution >= 0.6 is 0 Å². The van der Waals surface area contributed by atoms with E-state index in [1.807, 2.05) is 56.3 Å². The summed E-state index contributed by atoms with van der Waals surface area (Å²) < 4.78 is 11.0. The van der Waals surface area contributed by atoms with Crippen LogP contribution in [0.25, 0.3) is 22.0 Å². The van der Waals surface area contributed by atoms with Crippen molar-refractivity contribution in [2.24, 2.45) is 5.92 Å². The van der Waals surface area contributed by atoms with Gasteiger partial charge in [0, 0.05) is 11.5 Å². The first-order chi connectivity index (χ1) is 13.7. The number of carbonyl (C=O) groups is 1. The van der Waals surface area contributed by atoms with Crippen molar-refractivity contribution in [1.82, 2.24) is 4.98 Å². The van der Waals surface area contributed by atoms with E-state index in [2.05, 4.69) is 23.2 Å². The molecule has 3 rings (SSSR count). The summed E-state index contributed by atoms with van der Waals surface area (Å²) in [7, 11) is 0. The van der Waals surface area contributed by atoms with Gasteiger partial charge < -0.3 is 9.47 Å². The highest BCUT2D eigenvalue weighted by molar-refractivity contribution is 5.95. The number of fused-ring (bicyclic) bond motifs is 1. The fourth-order valence-electron chi connectivity index (χ4n) is 3.21. The van der Waals surface area contributed by atoms with Crippen LogP contribution < -0.4 is 4.74 Å². The maximum absolute atomic E-state index is 11.7. The first kappa shape index (κ1) is 19.9.